The van der Waals surface area contributed by atoms with Crippen LogP contribution in [-0.2, 0) is 11.3 Å². The molecule has 7 heteroatoms. The number of amides is 1. The maximum Gasteiger partial charge on any atom is 0.226 e. The molecule has 174 valence electrons. The summed E-state index contributed by atoms with van der Waals surface area (Å²) in [6, 6.07) is 7.84. The van der Waals surface area contributed by atoms with Crippen molar-refractivity contribution in [2.75, 3.05) is 37.7 Å². The minimum Gasteiger partial charge on any atom is -0.490 e. The lowest BCUT2D eigenvalue weighted by Gasteiger charge is -2.34. The zero-order chi connectivity index (χ0) is 22.8. The van der Waals surface area contributed by atoms with E-state index in [4.69, 9.17) is 9.47 Å². The van der Waals surface area contributed by atoms with Gasteiger partial charge in [-0.3, -0.25) is 4.79 Å². The van der Waals surface area contributed by atoms with Crippen LogP contribution in [0, 0.1) is 5.92 Å². The lowest BCUT2D eigenvalue weighted by Crippen LogP contribution is -2.43. The van der Waals surface area contributed by atoms with Crippen molar-refractivity contribution in [3.8, 4) is 11.5 Å². The predicted molar refractivity (Wildman–Crippen MR) is 126 cm³/mol. The second-order valence-corrected chi connectivity index (χ2v) is 8.13. The van der Waals surface area contributed by atoms with Crippen LogP contribution < -0.4 is 14.4 Å². The number of carbonyl (C=O) groups is 1. The molecule has 1 aliphatic rings. The summed E-state index contributed by atoms with van der Waals surface area (Å²) in [7, 11) is 0. The highest BCUT2D eigenvalue weighted by molar-refractivity contribution is 5.79. The summed E-state index contributed by atoms with van der Waals surface area (Å²) in [6.07, 6.45) is 7.05. The van der Waals surface area contributed by atoms with Crippen LogP contribution in [0.5, 0.6) is 11.5 Å². The minimum atomic E-state index is 0.0417. The molecule has 1 fully saturated rings. The van der Waals surface area contributed by atoms with E-state index in [2.05, 4.69) is 28.7 Å². The average Bonchev–Trinajstić information content (AvgIpc) is 2.84. The Bertz CT molecular complexity index is 838. The molecular weight excluding hydrogens is 404 g/mol. The Labute approximate surface area is 191 Å². The fourth-order valence-corrected chi connectivity index (χ4v) is 4.05. The smallest absolute Gasteiger partial charge is 0.226 e. The molecule has 0 radical (unpaired) electrons. The quantitative estimate of drug-likeness (QED) is 0.518. The number of anilines is 1. The van der Waals surface area contributed by atoms with Crippen LogP contribution in [0.25, 0.3) is 0 Å². The van der Waals surface area contributed by atoms with Gasteiger partial charge in [0.1, 0.15) is 0 Å². The molecule has 1 aromatic heterocycles. The van der Waals surface area contributed by atoms with E-state index in [0.29, 0.717) is 19.8 Å². The Hall–Kier alpha value is -2.83. The van der Waals surface area contributed by atoms with Gasteiger partial charge in [-0.25, -0.2) is 9.97 Å². The summed E-state index contributed by atoms with van der Waals surface area (Å²) in [5.74, 6) is 2.54. The van der Waals surface area contributed by atoms with Gasteiger partial charge in [-0.05, 0) is 56.4 Å². The molecule has 0 aliphatic carbocycles. The van der Waals surface area contributed by atoms with E-state index < -0.39 is 0 Å². The molecule has 7 nitrogen and oxygen atoms in total. The van der Waals surface area contributed by atoms with Gasteiger partial charge >= 0.3 is 0 Å². The number of hydrogen-bond donors (Lipinski definition) is 0. The van der Waals surface area contributed by atoms with Crippen molar-refractivity contribution >= 4 is 11.9 Å². The van der Waals surface area contributed by atoms with Crippen LogP contribution in [0.2, 0.25) is 0 Å². The zero-order valence-electron chi connectivity index (χ0n) is 19.6. The van der Waals surface area contributed by atoms with E-state index >= 15 is 0 Å². The predicted octanol–water partition coefficient (Wildman–Crippen LogP) is 4.32. The van der Waals surface area contributed by atoms with Gasteiger partial charge in [-0.2, -0.15) is 0 Å². The van der Waals surface area contributed by atoms with Crippen molar-refractivity contribution in [3.63, 3.8) is 0 Å². The monoisotopic (exact) mass is 440 g/mol. The lowest BCUT2D eigenvalue weighted by molar-refractivity contribution is -0.136. The third-order valence-corrected chi connectivity index (χ3v) is 5.63. The average molecular weight is 441 g/mol. The maximum absolute atomic E-state index is 13.4. The lowest BCUT2D eigenvalue weighted by atomic mass is 9.95. The van der Waals surface area contributed by atoms with Crippen LogP contribution in [0.4, 0.5) is 5.95 Å². The summed E-state index contributed by atoms with van der Waals surface area (Å²) >= 11 is 0. The topological polar surface area (TPSA) is 67.8 Å². The van der Waals surface area contributed by atoms with Crippen molar-refractivity contribution in [2.24, 2.45) is 5.92 Å². The maximum atomic E-state index is 13.4. The second kappa shape index (κ2) is 12.3. The molecule has 0 bridgehead atoms. The summed E-state index contributed by atoms with van der Waals surface area (Å²) in [5.41, 5.74) is 1.06. The first kappa shape index (κ1) is 23.8. The van der Waals surface area contributed by atoms with Gasteiger partial charge in [0.2, 0.25) is 11.9 Å². The van der Waals surface area contributed by atoms with E-state index in [1.54, 1.807) is 12.4 Å². The highest BCUT2D eigenvalue weighted by Crippen LogP contribution is 2.30. The van der Waals surface area contributed by atoms with Gasteiger partial charge in [-0.1, -0.05) is 19.9 Å². The number of aromatic nitrogens is 2. The number of benzene rings is 1. The van der Waals surface area contributed by atoms with Crippen molar-refractivity contribution in [2.45, 2.75) is 53.0 Å². The fourth-order valence-electron chi connectivity index (χ4n) is 4.05. The van der Waals surface area contributed by atoms with E-state index in [0.717, 1.165) is 68.3 Å². The summed E-state index contributed by atoms with van der Waals surface area (Å²) < 4.78 is 11.6. The van der Waals surface area contributed by atoms with Gasteiger partial charge in [0.15, 0.2) is 11.5 Å². The molecule has 0 saturated carbocycles. The minimum absolute atomic E-state index is 0.0417. The standard InChI is InChI=1S/C25H36N4O3/c1-4-14-29(19-20-8-9-22(32-17-5-2)23(18-20)31-6-3)24(30)21-10-15-28(16-11-21)25-26-12-7-13-27-25/h7-9,12-13,18,21H,4-6,10-11,14-17,19H2,1-3H3. The van der Waals surface area contributed by atoms with Crippen molar-refractivity contribution < 1.29 is 14.3 Å². The van der Waals surface area contributed by atoms with Crippen molar-refractivity contribution in [3.05, 3.63) is 42.2 Å². The summed E-state index contributed by atoms with van der Waals surface area (Å²) in [6.45, 7) is 10.3. The van der Waals surface area contributed by atoms with Crippen LogP contribution >= 0.6 is 0 Å². The molecule has 1 saturated heterocycles. The molecule has 0 N–H and O–H groups in total. The van der Waals surface area contributed by atoms with E-state index in [9.17, 15) is 4.79 Å². The molecule has 1 aliphatic heterocycles. The number of piperidine rings is 1. The molecular formula is C25H36N4O3. The largest absolute Gasteiger partial charge is 0.490 e. The van der Waals surface area contributed by atoms with Gasteiger partial charge in [-0.15, -0.1) is 0 Å². The molecule has 0 atom stereocenters. The molecule has 0 unspecified atom stereocenters. The number of rotatable bonds is 11. The van der Waals surface area contributed by atoms with E-state index in [1.165, 1.54) is 0 Å². The molecule has 0 spiro atoms. The Kier molecular flexibility index (Phi) is 9.13. The second-order valence-electron chi connectivity index (χ2n) is 8.13. The molecule has 2 aromatic rings. The number of nitrogens with zero attached hydrogens (tertiary/aromatic N) is 4. The van der Waals surface area contributed by atoms with E-state index in [1.807, 2.05) is 36.1 Å². The van der Waals surface area contributed by atoms with E-state index in [-0.39, 0.29) is 11.8 Å². The third kappa shape index (κ3) is 6.34. The first-order chi connectivity index (χ1) is 15.7. The number of hydrogen-bond acceptors (Lipinski definition) is 6. The van der Waals surface area contributed by atoms with Gasteiger partial charge in [0.25, 0.3) is 0 Å². The van der Waals surface area contributed by atoms with Crippen LogP contribution in [0.3, 0.4) is 0 Å². The Morgan fingerprint density at radius 1 is 1.06 bits per heavy atom. The van der Waals surface area contributed by atoms with Gasteiger partial charge < -0.3 is 19.3 Å². The van der Waals surface area contributed by atoms with Crippen molar-refractivity contribution in [1.82, 2.24) is 14.9 Å². The van der Waals surface area contributed by atoms with Gasteiger partial charge in [0, 0.05) is 44.5 Å². The number of carbonyl (C=O) groups excluding carboxylic acids is 1. The first-order valence-electron chi connectivity index (χ1n) is 11.9. The SMILES string of the molecule is CCCOc1ccc(CN(CCC)C(=O)C2CCN(c3ncccn3)CC2)cc1OCC. The van der Waals surface area contributed by atoms with Crippen LogP contribution in [-0.4, -0.2) is 53.6 Å². The Balaban J connectivity index is 1.64. The molecule has 3 rings (SSSR count). The Morgan fingerprint density at radius 2 is 1.81 bits per heavy atom. The van der Waals surface area contributed by atoms with Crippen molar-refractivity contribution in [1.29, 1.82) is 0 Å². The number of ether oxygens (including phenoxy) is 2. The van der Waals surface area contributed by atoms with Gasteiger partial charge in [0.05, 0.1) is 13.2 Å². The summed E-state index contributed by atoms with van der Waals surface area (Å²) in [5, 5.41) is 0. The zero-order valence-corrected chi connectivity index (χ0v) is 19.6. The van der Waals surface area contributed by atoms with Crippen LogP contribution in [0.15, 0.2) is 36.7 Å². The molecule has 32 heavy (non-hydrogen) atoms. The first-order valence-corrected chi connectivity index (χ1v) is 11.9. The van der Waals surface area contributed by atoms with Crippen LogP contribution in [0.1, 0.15) is 52.0 Å². The highest BCUT2D eigenvalue weighted by Gasteiger charge is 2.29. The third-order valence-electron chi connectivity index (χ3n) is 5.63. The normalized spacial score (nSPS) is 14.3. The fraction of sp³-hybridized carbons (Fsp3) is 0.560. The summed E-state index contributed by atoms with van der Waals surface area (Å²) in [4.78, 5) is 26.2. The Morgan fingerprint density at radius 3 is 2.47 bits per heavy atom. The highest BCUT2D eigenvalue weighted by atomic mass is 16.5. The molecule has 2 heterocycles. The molecule has 1 amide bonds. The molecule has 1 aromatic carbocycles.